The first-order valence-electron chi connectivity index (χ1n) is 6.05. The third-order valence-electron chi connectivity index (χ3n) is 3.17. The number of phenols is 1. The molecule has 3 nitrogen and oxygen atoms in total. The number of aromatic hydroxyl groups is 1. The predicted octanol–water partition coefficient (Wildman–Crippen LogP) is 2.77. The Balaban J connectivity index is 2.05. The van der Waals surface area contributed by atoms with E-state index in [0.717, 1.165) is 12.0 Å². The molecule has 1 aliphatic rings. The standard InChI is InChI=1S/C14H16ClNO2/c1-2-11-4-3-7-16(11)14(18)9-10-5-6-13(17)12(15)8-10/h3-6,8,11,17H,2,7,9H2,1H3. The van der Waals surface area contributed by atoms with Crippen molar-refractivity contribution in [2.45, 2.75) is 25.8 Å². The lowest BCUT2D eigenvalue weighted by Gasteiger charge is -2.23. The van der Waals surface area contributed by atoms with Crippen molar-refractivity contribution in [3.05, 3.63) is 40.9 Å². The Hall–Kier alpha value is -1.48. The van der Waals surface area contributed by atoms with Gasteiger partial charge in [0.05, 0.1) is 17.5 Å². The molecule has 1 aliphatic heterocycles. The van der Waals surface area contributed by atoms with Gasteiger partial charge in [0, 0.05) is 6.54 Å². The number of carbonyl (C=O) groups is 1. The molecule has 4 heteroatoms. The molecule has 1 aromatic carbocycles. The lowest BCUT2D eigenvalue weighted by Crippen LogP contribution is -2.36. The number of amides is 1. The summed E-state index contributed by atoms with van der Waals surface area (Å²) in [6.07, 6.45) is 5.34. The Kier molecular flexibility index (Phi) is 3.92. The highest BCUT2D eigenvalue weighted by Gasteiger charge is 2.23. The fraction of sp³-hybridized carbons (Fsp3) is 0.357. The second kappa shape index (κ2) is 5.44. The van der Waals surface area contributed by atoms with Crippen LogP contribution in [0.15, 0.2) is 30.4 Å². The van der Waals surface area contributed by atoms with Crippen LogP contribution in [0.5, 0.6) is 5.75 Å². The van der Waals surface area contributed by atoms with E-state index in [-0.39, 0.29) is 22.7 Å². The maximum absolute atomic E-state index is 12.2. The maximum Gasteiger partial charge on any atom is 0.227 e. The summed E-state index contributed by atoms with van der Waals surface area (Å²) in [7, 11) is 0. The highest BCUT2D eigenvalue weighted by Crippen LogP contribution is 2.24. The van der Waals surface area contributed by atoms with Crippen LogP contribution in [0.4, 0.5) is 0 Å². The summed E-state index contributed by atoms with van der Waals surface area (Å²) in [6, 6.07) is 5.10. The summed E-state index contributed by atoms with van der Waals surface area (Å²) in [4.78, 5) is 14.0. The molecule has 96 valence electrons. The van der Waals surface area contributed by atoms with Gasteiger partial charge in [-0.15, -0.1) is 0 Å². The van der Waals surface area contributed by atoms with Gasteiger partial charge < -0.3 is 10.0 Å². The number of hydrogen-bond donors (Lipinski definition) is 1. The van der Waals surface area contributed by atoms with Crippen LogP contribution in [-0.2, 0) is 11.2 Å². The van der Waals surface area contributed by atoms with Crippen molar-refractivity contribution in [2.24, 2.45) is 0 Å². The van der Waals surface area contributed by atoms with E-state index >= 15 is 0 Å². The van der Waals surface area contributed by atoms with Gasteiger partial charge in [0.25, 0.3) is 0 Å². The van der Waals surface area contributed by atoms with E-state index in [0.29, 0.717) is 13.0 Å². The first-order chi connectivity index (χ1) is 8.61. The highest BCUT2D eigenvalue weighted by molar-refractivity contribution is 6.32. The van der Waals surface area contributed by atoms with Crippen LogP contribution in [0.1, 0.15) is 18.9 Å². The summed E-state index contributed by atoms with van der Waals surface area (Å²) in [5, 5.41) is 9.62. The third-order valence-corrected chi connectivity index (χ3v) is 3.47. The van der Waals surface area contributed by atoms with Crippen molar-refractivity contribution in [1.82, 2.24) is 4.90 Å². The first kappa shape index (κ1) is 13.0. The topological polar surface area (TPSA) is 40.5 Å². The number of hydrogen-bond acceptors (Lipinski definition) is 2. The van der Waals surface area contributed by atoms with Crippen molar-refractivity contribution < 1.29 is 9.90 Å². The molecule has 1 amide bonds. The Morgan fingerprint density at radius 1 is 1.56 bits per heavy atom. The summed E-state index contributed by atoms with van der Waals surface area (Å²) < 4.78 is 0. The van der Waals surface area contributed by atoms with Gasteiger partial charge >= 0.3 is 0 Å². The highest BCUT2D eigenvalue weighted by atomic mass is 35.5. The molecule has 0 radical (unpaired) electrons. The summed E-state index contributed by atoms with van der Waals surface area (Å²) in [5.74, 6) is 0.135. The van der Waals surface area contributed by atoms with Crippen molar-refractivity contribution in [2.75, 3.05) is 6.54 Å². The minimum Gasteiger partial charge on any atom is -0.506 e. The van der Waals surface area contributed by atoms with Gasteiger partial charge in [-0.2, -0.15) is 0 Å². The smallest absolute Gasteiger partial charge is 0.227 e. The van der Waals surface area contributed by atoms with Gasteiger partial charge in [0.1, 0.15) is 5.75 Å². The van der Waals surface area contributed by atoms with Crippen LogP contribution < -0.4 is 0 Å². The fourth-order valence-corrected chi connectivity index (χ4v) is 2.35. The van der Waals surface area contributed by atoms with Gasteiger partial charge in [-0.1, -0.05) is 36.7 Å². The van der Waals surface area contributed by atoms with Gasteiger partial charge in [0.15, 0.2) is 0 Å². The van der Waals surface area contributed by atoms with E-state index < -0.39 is 0 Å². The monoisotopic (exact) mass is 265 g/mol. The molecule has 0 bridgehead atoms. The molecule has 0 fully saturated rings. The molecular formula is C14H16ClNO2. The molecular weight excluding hydrogens is 250 g/mol. The second-order valence-electron chi connectivity index (χ2n) is 4.41. The Labute approximate surface area is 112 Å². The molecule has 18 heavy (non-hydrogen) atoms. The third kappa shape index (κ3) is 2.67. The predicted molar refractivity (Wildman–Crippen MR) is 71.8 cm³/mol. The molecule has 0 aliphatic carbocycles. The first-order valence-corrected chi connectivity index (χ1v) is 6.43. The molecule has 1 unspecified atom stereocenters. The van der Waals surface area contributed by atoms with Gasteiger partial charge in [-0.25, -0.2) is 0 Å². The van der Waals surface area contributed by atoms with E-state index in [1.165, 1.54) is 6.07 Å². The largest absolute Gasteiger partial charge is 0.506 e. The molecule has 0 spiro atoms. The molecule has 1 atom stereocenters. The molecule has 0 aromatic heterocycles. The molecule has 0 saturated heterocycles. The number of phenolic OH excluding ortho intramolecular Hbond substituents is 1. The normalized spacial score (nSPS) is 18.3. The number of rotatable bonds is 3. The summed E-state index contributed by atoms with van der Waals surface area (Å²) >= 11 is 5.83. The second-order valence-corrected chi connectivity index (χ2v) is 4.82. The van der Waals surface area contributed by atoms with Gasteiger partial charge in [-0.3, -0.25) is 4.79 Å². The molecule has 0 saturated carbocycles. The molecule has 1 aromatic rings. The Bertz CT molecular complexity index is 485. The van der Waals surface area contributed by atoms with Crippen molar-refractivity contribution >= 4 is 17.5 Å². The minimum atomic E-state index is 0.0436. The number of halogens is 1. The fourth-order valence-electron chi connectivity index (χ4n) is 2.15. The lowest BCUT2D eigenvalue weighted by molar-refractivity contribution is -0.130. The minimum absolute atomic E-state index is 0.0436. The zero-order chi connectivity index (χ0) is 13.1. The summed E-state index contributed by atoms with van der Waals surface area (Å²) in [6.45, 7) is 2.75. The zero-order valence-electron chi connectivity index (χ0n) is 10.3. The maximum atomic E-state index is 12.2. The SMILES string of the molecule is CCC1C=CCN1C(=O)Cc1ccc(O)c(Cl)c1. The lowest BCUT2D eigenvalue weighted by atomic mass is 10.1. The van der Waals surface area contributed by atoms with Gasteiger partial charge in [-0.05, 0) is 24.1 Å². The number of nitrogens with zero attached hydrogens (tertiary/aromatic N) is 1. The Morgan fingerprint density at radius 2 is 2.33 bits per heavy atom. The van der Waals surface area contributed by atoms with Crippen LogP contribution in [0, 0.1) is 0 Å². The van der Waals surface area contributed by atoms with E-state index in [2.05, 4.69) is 13.0 Å². The average Bonchev–Trinajstić information content (AvgIpc) is 2.82. The number of benzene rings is 1. The van der Waals surface area contributed by atoms with Crippen molar-refractivity contribution in [3.8, 4) is 5.75 Å². The van der Waals surface area contributed by atoms with Crippen molar-refractivity contribution in [3.63, 3.8) is 0 Å². The van der Waals surface area contributed by atoms with Crippen LogP contribution in [0.2, 0.25) is 5.02 Å². The number of carbonyl (C=O) groups excluding carboxylic acids is 1. The average molecular weight is 266 g/mol. The Morgan fingerprint density at radius 3 is 3.00 bits per heavy atom. The van der Waals surface area contributed by atoms with Gasteiger partial charge in [0.2, 0.25) is 5.91 Å². The molecule has 2 rings (SSSR count). The zero-order valence-corrected chi connectivity index (χ0v) is 11.0. The van der Waals surface area contributed by atoms with Crippen LogP contribution in [0.3, 0.4) is 0 Å². The molecule has 1 heterocycles. The van der Waals surface area contributed by atoms with Crippen LogP contribution in [0.25, 0.3) is 0 Å². The van der Waals surface area contributed by atoms with E-state index in [1.54, 1.807) is 12.1 Å². The van der Waals surface area contributed by atoms with Crippen LogP contribution >= 0.6 is 11.6 Å². The quantitative estimate of drug-likeness (QED) is 0.854. The van der Waals surface area contributed by atoms with Crippen LogP contribution in [-0.4, -0.2) is 28.5 Å². The van der Waals surface area contributed by atoms with E-state index in [9.17, 15) is 9.90 Å². The van der Waals surface area contributed by atoms with Crippen molar-refractivity contribution in [1.29, 1.82) is 0 Å². The van der Waals surface area contributed by atoms with E-state index in [1.807, 2.05) is 11.0 Å². The summed E-state index contributed by atoms with van der Waals surface area (Å²) in [5.41, 5.74) is 0.824. The van der Waals surface area contributed by atoms with E-state index in [4.69, 9.17) is 11.6 Å². The molecule has 1 N–H and O–H groups in total.